The first-order valence-corrected chi connectivity index (χ1v) is 6.95. The molecule has 0 saturated carbocycles. The molecule has 1 rings (SSSR count). The van der Waals surface area contributed by atoms with Crippen molar-refractivity contribution in [3.05, 3.63) is 22.3 Å². The summed E-state index contributed by atoms with van der Waals surface area (Å²) in [6.45, 7) is 6.44. The second kappa shape index (κ2) is 7.71. The van der Waals surface area contributed by atoms with E-state index in [2.05, 4.69) is 37.2 Å². The quantitative estimate of drug-likeness (QED) is 0.838. The molecule has 0 bridgehead atoms. The molecule has 1 aromatic rings. The average molecular weight is 316 g/mol. The monoisotopic (exact) mass is 315 g/mol. The number of nitrogens with zero attached hydrogens (tertiary/aromatic N) is 2. The molecule has 1 N–H and O–H groups in total. The van der Waals surface area contributed by atoms with Crippen LogP contribution >= 0.6 is 15.9 Å². The van der Waals surface area contributed by atoms with Gasteiger partial charge >= 0.3 is 0 Å². The molecule has 1 aromatic heterocycles. The van der Waals surface area contributed by atoms with Gasteiger partial charge in [0.2, 0.25) is 0 Å². The SMILES string of the molecule is CNCc1cc(Br)cnc1N(C)CCOC(C)C. The Morgan fingerprint density at radius 2 is 2.22 bits per heavy atom. The molecule has 5 heteroatoms. The number of hydrogen-bond donors (Lipinski definition) is 1. The number of anilines is 1. The summed E-state index contributed by atoms with van der Waals surface area (Å²) in [5, 5.41) is 3.16. The van der Waals surface area contributed by atoms with Crippen LogP contribution in [0.4, 0.5) is 5.82 Å². The Kier molecular flexibility index (Phi) is 6.60. The maximum absolute atomic E-state index is 5.56. The molecule has 4 nitrogen and oxygen atoms in total. The Morgan fingerprint density at radius 1 is 1.50 bits per heavy atom. The van der Waals surface area contributed by atoms with E-state index in [0.29, 0.717) is 6.61 Å². The van der Waals surface area contributed by atoms with Gasteiger partial charge in [0.05, 0.1) is 12.7 Å². The van der Waals surface area contributed by atoms with Gasteiger partial charge in [0.25, 0.3) is 0 Å². The Morgan fingerprint density at radius 3 is 2.83 bits per heavy atom. The van der Waals surface area contributed by atoms with E-state index in [-0.39, 0.29) is 6.10 Å². The summed E-state index contributed by atoms with van der Waals surface area (Å²) < 4.78 is 6.57. The van der Waals surface area contributed by atoms with Gasteiger partial charge in [0, 0.05) is 36.4 Å². The van der Waals surface area contributed by atoms with Crippen LogP contribution < -0.4 is 10.2 Å². The third-order valence-corrected chi connectivity index (χ3v) is 2.95. The molecule has 0 spiro atoms. The maximum atomic E-state index is 5.56. The second-order valence-electron chi connectivity index (χ2n) is 4.51. The van der Waals surface area contributed by atoms with Gasteiger partial charge in [-0.2, -0.15) is 0 Å². The van der Waals surface area contributed by atoms with Crippen LogP contribution in [0.15, 0.2) is 16.7 Å². The van der Waals surface area contributed by atoms with Crippen LogP contribution in [-0.2, 0) is 11.3 Å². The molecule has 0 fully saturated rings. The van der Waals surface area contributed by atoms with E-state index in [1.807, 2.05) is 34.1 Å². The number of hydrogen-bond acceptors (Lipinski definition) is 4. The molecule has 0 saturated heterocycles. The van der Waals surface area contributed by atoms with Crippen molar-refractivity contribution in [2.45, 2.75) is 26.5 Å². The summed E-state index contributed by atoms with van der Waals surface area (Å²) in [6, 6.07) is 2.10. The molecule has 18 heavy (non-hydrogen) atoms. The highest BCUT2D eigenvalue weighted by Crippen LogP contribution is 2.20. The number of rotatable bonds is 7. The lowest BCUT2D eigenvalue weighted by Crippen LogP contribution is -2.26. The molecule has 0 aliphatic carbocycles. The third kappa shape index (κ3) is 4.92. The van der Waals surface area contributed by atoms with Crippen LogP contribution in [0, 0.1) is 0 Å². The van der Waals surface area contributed by atoms with Crippen LogP contribution in [-0.4, -0.2) is 38.3 Å². The fourth-order valence-corrected chi connectivity index (χ4v) is 2.05. The highest BCUT2D eigenvalue weighted by molar-refractivity contribution is 9.10. The minimum absolute atomic E-state index is 0.271. The smallest absolute Gasteiger partial charge is 0.132 e. The van der Waals surface area contributed by atoms with E-state index >= 15 is 0 Å². The number of nitrogens with one attached hydrogen (secondary N) is 1. The van der Waals surface area contributed by atoms with Gasteiger partial charge in [-0.05, 0) is 42.9 Å². The summed E-state index contributed by atoms with van der Waals surface area (Å²) in [5.74, 6) is 1.000. The number of likely N-dealkylation sites (N-methyl/N-ethyl adjacent to an activating group) is 1. The van der Waals surface area contributed by atoms with E-state index in [4.69, 9.17) is 4.74 Å². The van der Waals surface area contributed by atoms with Crippen molar-refractivity contribution in [2.24, 2.45) is 0 Å². The fraction of sp³-hybridized carbons (Fsp3) is 0.615. The van der Waals surface area contributed by atoms with E-state index in [0.717, 1.165) is 23.4 Å². The molecule has 0 amide bonds. The summed E-state index contributed by atoms with van der Waals surface area (Å²) in [4.78, 5) is 6.60. The molecule has 102 valence electrons. The van der Waals surface area contributed by atoms with Crippen molar-refractivity contribution >= 4 is 21.7 Å². The fourth-order valence-electron chi connectivity index (χ4n) is 1.67. The second-order valence-corrected chi connectivity index (χ2v) is 5.42. The van der Waals surface area contributed by atoms with E-state index in [1.165, 1.54) is 5.56 Å². The topological polar surface area (TPSA) is 37.4 Å². The van der Waals surface area contributed by atoms with Crippen LogP contribution in [0.5, 0.6) is 0 Å². The van der Waals surface area contributed by atoms with Crippen molar-refractivity contribution in [2.75, 3.05) is 32.1 Å². The Labute approximate surface area is 118 Å². The predicted octanol–water partition coefficient (Wildman–Crippen LogP) is 2.42. The number of ether oxygens (including phenoxy) is 1. The highest BCUT2D eigenvalue weighted by atomic mass is 79.9. The molecule has 1 heterocycles. The van der Waals surface area contributed by atoms with Gasteiger partial charge in [-0.3, -0.25) is 0 Å². The van der Waals surface area contributed by atoms with Crippen molar-refractivity contribution in [1.82, 2.24) is 10.3 Å². The van der Waals surface area contributed by atoms with Gasteiger partial charge in [-0.15, -0.1) is 0 Å². The number of pyridine rings is 1. The normalized spacial score (nSPS) is 11.0. The lowest BCUT2D eigenvalue weighted by Gasteiger charge is -2.22. The molecule has 0 aliphatic rings. The molecular formula is C13H22BrN3O. The van der Waals surface area contributed by atoms with Gasteiger partial charge in [0.15, 0.2) is 0 Å². The van der Waals surface area contributed by atoms with Crippen LogP contribution in [0.1, 0.15) is 19.4 Å². The minimum atomic E-state index is 0.271. The zero-order valence-electron chi connectivity index (χ0n) is 11.5. The summed E-state index contributed by atoms with van der Waals surface area (Å²) >= 11 is 3.45. The first kappa shape index (κ1) is 15.4. The molecule has 0 aromatic carbocycles. The zero-order chi connectivity index (χ0) is 13.5. The zero-order valence-corrected chi connectivity index (χ0v) is 13.1. The molecule has 0 radical (unpaired) electrons. The first-order valence-electron chi connectivity index (χ1n) is 6.16. The van der Waals surface area contributed by atoms with E-state index in [9.17, 15) is 0 Å². The van der Waals surface area contributed by atoms with Crippen molar-refractivity contribution < 1.29 is 4.74 Å². The van der Waals surface area contributed by atoms with Crippen molar-refractivity contribution in [1.29, 1.82) is 0 Å². The van der Waals surface area contributed by atoms with Gasteiger partial charge in [-0.25, -0.2) is 4.98 Å². The highest BCUT2D eigenvalue weighted by Gasteiger charge is 2.09. The predicted molar refractivity (Wildman–Crippen MR) is 79.1 cm³/mol. The van der Waals surface area contributed by atoms with E-state index < -0.39 is 0 Å². The van der Waals surface area contributed by atoms with Crippen LogP contribution in [0.2, 0.25) is 0 Å². The third-order valence-electron chi connectivity index (χ3n) is 2.52. The molecular weight excluding hydrogens is 294 g/mol. The largest absolute Gasteiger partial charge is 0.377 e. The Hall–Kier alpha value is -0.650. The summed E-state index contributed by atoms with van der Waals surface area (Å²) in [7, 11) is 3.98. The van der Waals surface area contributed by atoms with Gasteiger partial charge in [-0.1, -0.05) is 0 Å². The van der Waals surface area contributed by atoms with Gasteiger partial charge < -0.3 is 15.0 Å². The molecule has 0 atom stereocenters. The Balaban J connectivity index is 2.68. The number of aromatic nitrogens is 1. The van der Waals surface area contributed by atoms with Crippen LogP contribution in [0.25, 0.3) is 0 Å². The summed E-state index contributed by atoms with van der Waals surface area (Å²) in [5.41, 5.74) is 1.18. The van der Waals surface area contributed by atoms with Gasteiger partial charge in [0.1, 0.15) is 5.82 Å². The number of halogens is 1. The maximum Gasteiger partial charge on any atom is 0.132 e. The lowest BCUT2D eigenvalue weighted by molar-refractivity contribution is 0.0845. The van der Waals surface area contributed by atoms with Crippen molar-refractivity contribution in [3.8, 4) is 0 Å². The lowest BCUT2D eigenvalue weighted by atomic mass is 10.2. The first-order chi connectivity index (χ1) is 8.54. The standard InChI is InChI=1S/C13H22BrN3O/c1-10(2)18-6-5-17(4)13-11(8-15-3)7-12(14)9-16-13/h7,9-10,15H,5-6,8H2,1-4H3. The average Bonchev–Trinajstić information content (AvgIpc) is 2.29. The molecule has 0 unspecified atom stereocenters. The Bertz CT molecular complexity index is 371. The van der Waals surface area contributed by atoms with Crippen LogP contribution in [0.3, 0.4) is 0 Å². The minimum Gasteiger partial charge on any atom is -0.377 e. The van der Waals surface area contributed by atoms with E-state index in [1.54, 1.807) is 0 Å². The summed E-state index contributed by atoms with van der Waals surface area (Å²) in [6.07, 6.45) is 2.10. The van der Waals surface area contributed by atoms with Crippen molar-refractivity contribution in [3.63, 3.8) is 0 Å². The molecule has 0 aliphatic heterocycles.